The summed E-state index contributed by atoms with van der Waals surface area (Å²) in [7, 11) is 1.55. The van der Waals surface area contributed by atoms with Crippen LogP contribution in [0.5, 0.6) is 5.75 Å². The van der Waals surface area contributed by atoms with E-state index in [4.69, 9.17) is 14.2 Å². The molecule has 8 heteroatoms. The molecule has 0 aliphatic carbocycles. The first-order valence-corrected chi connectivity index (χ1v) is 8.91. The zero-order valence-electron chi connectivity index (χ0n) is 16.6. The van der Waals surface area contributed by atoms with Gasteiger partial charge in [0.15, 0.2) is 11.5 Å². The van der Waals surface area contributed by atoms with Crippen molar-refractivity contribution in [3.8, 4) is 16.9 Å². The summed E-state index contributed by atoms with van der Waals surface area (Å²) >= 11 is 0. The second-order valence-electron chi connectivity index (χ2n) is 6.24. The average molecular weight is 388 g/mol. The van der Waals surface area contributed by atoms with Gasteiger partial charge in [0, 0.05) is 12.5 Å². The smallest absolute Gasteiger partial charge is 0.357 e. The van der Waals surface area contributed by atoms with E-state index < -0.39 is 24.0 Å². The van der Waals surface area contributed by atoms with E-state index in [1.165, 1.54) is 6.92 Å². The summed E-state index contributed by atoms with van der Waals surface area (Å²) in [5.41, 5.74) is 1.11. The van der Waals surface area contributed by atoms with Crippen molar-refractivity contribution in [1.29, 1.82) is 0 Å². The molecule has 2 aromatic rings. The summed E-state index contributed by atoms with van der Waals surface area (Å²) in [6.07, 6.45) is -0.642. The van der Waals surface area contributed by atoms with Crippen LogP contribution in [0, 0.1) is 5.92 Å². The van der Waals surface area contributed by atoms with E-state index in [-0.39, 0.29) is 23.8 Å². The maximum Gasteiger partial charge on any atom is 0.357 e. The lowest BCUT2D eigenvalue weighted by Gasteiger charge is -2.18. The maximum atomic E-state index is 13.0. The number of methoxy groups -OCH3 is 1. The molecule has 0 aliphatic rings. The SMILES string of the molecule is CCOC(=O)c1[nH]nc(C(=O)C(C)C(C)OC(C)=O)c1-c1ccc(OC)cc1. The number of esters is 2. The molecule has 28 heavy (non-hydrogen) atoms. The van der Waals surface area contributed by atoms with Gasteiger partial charge < -0.3 is 14.2 Å². The summed E-state index contributed by atoms with van der Waals surface area (Å²) in [4.78, 5) is 36.6. The first kappa shape index (κ1) is 21.1. The second-order valence-corrected chi connectivity index (χ2v) is 6.24. The van der Waals surface area contributed by atoms with Crippen molar-refractivity contribution >= 4 is 17.7 Å². The lowest BCUT2D eigenvalue weighted by atomic mass is 9.93. The molecule has 0 fully saturated rings. The van der Waals surface area contributed by atoms with Crippen LogP contribution in [0.15, 0.2) is 24.3 Å². The Hall–Kier alpha value is -3.16. The molecule has 0 saturated carbocycles. The number of rotatable bonds is 8. The van der Waals surface area contributed by atoms with Crippen LogP contribution in [0.2, 0.25) is 0 Å². The quantitative estimate of drug-likeness (QED) is 0.547. The molecule has 0 amide bonds. The zero-order valence-corrected chi connectivity index (χ0v) is 16.6. The van der Waals surface area contributed by atoms with Gasteiger partial charge >= 0.3 is 11.9 Å². The van der Waals surface area contributed by atoms with Crippen molar-refractivity contribution in [2.75, 3.05) is 13.7 Å². The number of aromatic nitrogens is 2. The van der Waals surface area contributed by atoms with Crippen LogP contribution in [-0.4, -0.2) is 47.7 Å². The van der Waals surface area contributed by atoms with E-state index in [0.717, 1.165) is 0 Å². The van der Waals surface area contributed by atoms with E-state index in [9.17, 15) is 14.4 Å². The Balaban J connectivity index is 2.50. The van der Waals surface area contributed by atoms with Crippen molar-refractivity contribution in [2.24, 2.45) is 5.92 Å². The first-order chi connectivity index (χ1) is 13.3. The summed E-state index contributed by atoms with van der Waals surface area (Å²) in [5, 5.41) is 6.69. The number of hydrogen-bond donors (Lipinski definition) is 1. The number of aromatic amines is 1. The van der Waals surface area contributed by atoms with Crippen LogP contribution in [0.1, 0.15) is 48.7 Å². The highest BCUT2D eigenvalue weighted by molar-refractivity contribution is 6.07. The lowest BCUT2D eigenvalue weighted by molar-refractivity contribution is -0.146. The summed E-state index contributed by atoms with van der Waals surface area (Å²) < 4.78 is 15.3. The van der Waals surface area contributed by atoms with E-state index in [1.54, 1.807) is 52.1 Å². The molecule has 150 valence electrons. The Bertz CT molecular complexity index is 856. The lowest BCUT2D eigenvalue weighted by Crippen LogP contribution is -2.28. The molecular formula is C20H24N2O6. The van der Waals surface area contributed by atoms with Gasteiger partial charge in [-0.15, -0.1) is 0 Å². The molecule has 0 bridgehead atoms. The fraction of sp³-hybridized carbons (Fsp3) is 0.400. The number of H-pyrrole nitrogens is 1. The van der Waals surface area contributed by atoms with Crippen molar-refractivity contribution in [2.45, 2.75) is 33.8 Å². The summed E-state index contributed by atoms with van der Waals surface area (Å²) in [6, 6.07) is 6.89. The van der Waals surface area contributed by atoms with Crippen LogP contribution in [-0.2, 0) is 14.3 Å². The standard InChI is InChI=1S/C20H24N2O6/c1-6-27-20(25)18-16(14-7-9-15(26-5)10-8-14)17(21-22-18)19(24)11(2)12(3)28-13(4)23/h7-12H,6H2,1-5H3,(H,21,22). The molecular weight excluding hydrogens is 364 g/mol. The van der Waals surface area contributed by atoms with Gasteiger partial charge in [0.05, 0.1) is 19.6 Å². The normalized spacial score (nSPS) is 12.8. The Morgan fingerprint density at radius 1 is 1.14 bits per heavy atom. The van der Waals surface area contributed by atoms with Gasteiger partial charge in [0.25, 0.3) is 0 Å². The third-order valence-electron chi connectivity index (χ3n) is 4.33. The topological polar surface area (TPSA) is 108 Å². The number of Topliss-reactive ketones (excluding diaryl/α,β-unsaturated/α-hetero) is 1. The number of nitrogens with zero attached hydrogens (tertiary/aromatic N) is 1. The minimum absolute atomic E-state index is 0.0831. The summed E-state index contributed by atoms with van der Waals surface area (Å²) in [6.45, 7) is 6.44. The van der Waals surface area contributed by atoms with Crippen molar-refractivity contribution in [3.05, 3.63) is 35.7 Å². The number of benzene rings is 1. The minimum Gasteiger partial charge on any atom is -0.497 e. The third kappa shape index (κ3) is 4.57. The molecule has 1 aromatic carbocycles. The largest absolute Gasteiger partial charge is 0.497 e. The molecule has 1 aromatic heterocycles. The fourth-order valence-corrected chi connectivity index (χ4v) is 2.70. The first-order valence-electron chi connectivity index (χ1n) is 8.91. The Morgan fingerprint density at radius 3 is 2.32 bits per heavy atom. The monoisotopic (exact) mass is 388 g/mol. The van der Waals surface area contributed by atoms with Gasteiger partial charge in [-0.1, -0.05) is 19.1 Å². The fourth-order valence-electron chi connectivity index (χ4n) is 2.70. The van der Waals surface area contributed by atoms with Crippen molar-refractivity contribution in [1.82, 2.24) is 10.2 Å². The molecule has 1 heterocycles. The molecule has 2 rings (SSSR count). The predicted octanol–water partition coefficient (Wildman–Crippen LogP) is 3.03. The number of ether oxygens (including phenoxy) is 3. The van der Waals surface area contributed by atoms with Crippen molar-refractivity contribution < 1.29 is 28.6 Å². The predicted molar refractivity (Wildman–Crippen MR) is 101 cm³/mol. The molecule has 0 aliphatic heterocycles. The van der Waals surface area contributed by atoms with Crippen LogP contribution < -0.4 is 4.74 Å². The van der Waals surface area contributed by atoms with Gasteiger partial charge in [-0.05, 0) is 31.5 Å². The average Bonchev–Trinajstić information content (AvgIpc) is 3.11. The van der Waals surface area contributed by atoms with Crippen molar-refractivity contribution in [3.63, 3.8) is 0 Å². The minimum atomic E-state index is -0.653. The molecule has 0 spiro atoms. The summed E-state index contributed by atoms with van der Waals surface area (Å²) in [5.74, 6) is -1.46. The third-order valence-corrected chi connectivity index (χ3v) is 4.33. The highest BCUT2D eigenvalue weighted by atomic mass is 16.5. The number of carbonyl (C=O) groups excluding carboxylic acids is 3. The number of carbonyl (C=O) groups is 3. The second kappa shape index (κ2) is 9.16. The molecule has 2 atom stereocenters. The number of hydrogen-bond acceptors (Lipinski definition) is 7. The molecule has 2 unspecified atom stereocenters. The Kier molecular flexibility index (Phi) is 6.92. The molecule has 8 nitrogen and oxygen atoms in total. The van der Waals surface area contributed by atoms with E-state index in [1.807, 2.05) is 0 Å². The molecule has 0 saturated heterocycles. The number of nitrogens with one attached hydrogen (secondary N) is 1. The Labute approximate surface area is 163 Å². The zero-order chi connectivity index (χ0) is 20.8. The van der Waals surface area contributed by atoms with E-state index in [2.05, 4.69) is 10.2 Å². The highest BCUT2D eigenvalue weighted by Crippen LogP contribution is 2.30. The van der Waals surface area contributed by atoms with Gasteiger partial charge in [-0.25, -0.2) is 4.79 Å². The molecule has 0 radical (unpaired) electrons. The van der Waals surface area contributed by atoms with Gasteiger partial charge in [0.1, 0.15) is 17.5 Å². The van der Waals surface area contributed by atoms with Crippen LogP contribution in [0.3, 0.4) is 0 Å². The maximum absolute atomic E-state index is 13.0. The van der Waals surface area contributed by atoms with Crippen LogP contribution in [0.25, 0.3) is 11.1 Å². The van der Waals surface area contributed by atoms with Gasteiger partial charge in [0.2, 0.25) is 0 Å². The Morgan fingerprint density at radius 2 is 1.79 bits per heavy atom. The van der Waals surface area contributed by atoms with Crippen LogP contribution in [0.4, 0.5) is 0 Å². The molecule has 1 N–H and O–H groups in total. The van der Waals surface area contributed by atoms with Gasteiger partial charge in [-0.2, -0.15) is 5.10 Å². The highest BCUT2D eigenvalue weighted by Gasteiger charge is 2.31. The number of ketones is 1. The van der Waals surface area contributed by atoms with E-state index >= 15 is 0 Å². The van der Waals surface area contributed by atoms with Gasteiger partial charge in [-0.3, -0.25) is 14.7 Å². The van der Waals surface area contributed by atoms with E-state index in [0.29, 0.717) is 16.9 Å². The van der Waals surface area contributed by atoms with Crippen LogP contribution >= 0.6 is 0 Å².